The van der Waals surface area contributed by atoms with Gasteiger partial charge in [-0.15, -0.1) is 0 Å². The topological polar surface area (TPSA) is 44.4 Å². The Morgan fingerprint density at radius 3 is 2.77 bits per heavy atom. The van der Waals surface area contributed by atoms with Gasteiger partial charge in [0.1, 0.15) is 0 Å². The molecule has 2 heterocycles. The van der Waals surface area contributed by atoms with Gasteiger partial charge in [-0.05, 0) is 56.0 Å². The average molecular weight is 347 g/mol. The lowest BCUT2D eigenvalue weighted by atomic mass is 9.99. The Balaban J connectivity index is 1.49. The van der Waals surface area contributed by atoms with Crippen LogP contribution in [0.1, 0.15) is 38.2 Å². The molecule has 1 saturated heterocycles. The fourth-order valence-corrected chi connectivity index (χ4v) is 3.95. The molecule has 0 aliphatic carbocycles. The Bertz CT molecular complexity index is 826. The van der Waals surface area contributed by atoms with Gasteiger partial charge in [-0.1, -0.05) is 25.1 Å². The quantitative estimate of drug-likeness (QED) is 0.776. The second-order valence-corrected chi connectivity index (χ2v) is 7.00. The Kier molecular flexibility index (Phi) is 4.65. The number of nitrogens with zero attached hydrogens (tertiary/aromatic N) is 1. The van der Waals surface area contributed by atoms with E-state index in [2.05, 4.69) is 46.7 Å². The molecule has 1 unspecified atom stereocenters. The predicted octanol–water partition coefficient (Wildman–Crippen LogP) is 4.86. The summed E-state index contributed by atoms with van der Waals surface area (Å²) in [4.78, 5) is 14.7. The van der Waals surface area contributed by atoms with Crippen LogP contribution in [0.4, 0.5) is 17.1 Å². The molecule has 2 aliphatic heterocycles. The van der Waals surface area contributed by atoms with Crippen molar-refractivity contribution in [3.8, 4) is 0 Å². The van der Waals surface area contributed by atoms with Crippen molar-refractivity contribution >= 4 is 28.5 Å². The van der Waals surface area contributed by atoms with E-state index in [-0.39, 0.29) is 5.91 Å². The Morgan fingerprint density at radius 1 is 1.15 bits per heavy atom. The third-order valence-electron chi connectivity index (χ3n) is 5.39. The molecule has 0 aromatic heterocycles. The third-order valence-corrected chi connectivity index (χ3v) is 5.39. The van der Waals surface area contributed by atoms with Crippen LogP contribution in [0.2, 0.25) is 0 Å². The van der Waals surface area contributed by atoms with Gasteiger partial charge in [0.05, 0.1) is 5.57 Å². The van der Waals surface area contributed by atoms with E-state index in [9.17, 15) is 4.79 Å². The van der Waals surface area contributed by atoms with Crippen LogP contribution in [-0.4, -0.2) is 18.5 Å². The Morgan fingerprint density at radius 2 is 1.96 bits per heavy atom. The van der Waals surface area contributed by atoms with E-state index < -0.39 is 0 Å². The summed E-state index contributed by atoms with van der Waals surface area (Å²) in [6, 6.07) is 17.0. The predicted molar refractivity (Wildman–Crippen MR) is 108 cm³/mol. The Hall–Kier alpha value is -2.75. The van der Waals surface area contributed by atoms with Crippen molar-refractivity contribution < 1.29 is 4.79 Å². The summed E-state index contributed by atoms with van der Waals surface area (Å²) < 4.78 is 0. The molecule has 2 aromatic carbocycles. The minimum Gasteiger partial charge on any atom is -0.369 e. The first-order chi connectivity index (χ1) is 12.8. The van der Waals surface area contributed by atoms with Crippen LogP contribution in [0, 0.1) is 0 Å². The molecule has 2 N–H and O–H groups in total. The van der Waals surface area contributed by atoms with Crippen LogP contribution < -0.4 is 15.5 Å². The second-order valence-electron chi connectivity index (χ2n) is 7.00. The molecule has 2 aliphatic rings. The number of carbonyl (C=O) groups excluding carboxylic acids is 1. The lowest BCUT2D eigenvalue weighted by Crippen LogP contribution is -2.39. The van der Waals surface area contributed by atoms with Crippen molar-refractivity contribution in [2.24, 2.45) is 0 Å². The normalized spacial score (nSPS) is 20.8. The molecular weight excluding hydrogens is 322 g/mol. The standard InChI is InChI=1S/C22H25N3O/c1-2-17-7-5-6-14-25(17)18-12-10-16(11-13-18)23-15-20-19-8-3-4-9-21(19)24-22(20)26/h3-4,8-13,15,17,23H,2,5-7,14H2,1H3,(H,24,26)/b20-15+. The molecule has 0 spiro atoms. The molecule has 1 amide bonds. The zero-order valence-electron chi connectivity index (χ0n) is 15.2. The maximum Gasteiger partial charge on any atom is 0.257 e. The van der Waals surface area contributed by atoms with E-state index in [0.717, 1.165) is 23.5 Å². The fraction of sp³-hybridized carbons (Fsp3) is 0.318. The number of hydrogen-bond donors (Lipinski definition) is 2. The lowest BCUT2D eigenvalue weighted by molar-refractivity contribution is -0.110. The molecule has 134 valence electrons. The van der Waals surface area contributed by atoms with Gasteiger partial charge < -0.3 is 15.5 Å². The van der Waals surface area contributed by atoms with Crippen LogP contribution in [0.25, 0.3) is 5.57 Å². The third kappa shape index (κ3) is 3.19. The van der Waals surface area contributed by atoms with Crippen LogP contribution >= 0.6 is 0 Å². The van der Waals surface area contributed by atoms with Gasteiger partial charge in [0.15, 0.2) is 0 Å². The monoisotopic (exact) mass is 347 g/mol. The van der Waals surface area contributed by atoms with Gasteiger partial charge in [0, 0.05) is 41.4 Å². The van der Waals surface area contributed by atoms with Crippen LogP contribution in [-0.2, 0) is 4.79 Å². The first-order valence-electron chi connectivity index (χ1n) is 9.50. The van der Waals surface area contributed by atoms with Gasteiger partial charge >= 0.3 is 0 Å². The van der Waals surface area contributed by atoms with Crippen LogP contribution in [0.15, 0.2) is 54.7 Å². The summed E-state index contributed by atoms with van der Waals surface area (Å²) >= 11 is 0. The largest absolute Gasteiger partial charge is 0.369 e. The lowest BCUT2D eigenvalue weighted by Gasteiger charge is -2.37. The molecule has 1 fully saturated rings. The fourth-order valence-electron chi connectivity index (χ4n) is 3.95. The number of benzene rings is 2. The first-order valence-corrected chi connectivity index (χ1v) is 9.50. The van der Waals surface area contributed by atoms with Gasteiger partial charge in [0.2, 0.25) is 0 Å². The minimum atomic E-state index is -0.0607. The molecule has 26 heavy (non-hydrogen) atoms. The molecule has 1 atom stereocenters. The highest BCUT2D eigenvalue weighted by Crippen LogP contribution is 2.31. The summed E-state index contributed by atoms with van der Waals surface area (Å²) in [6.45, 7) is 3.42. The number of amides is 1. The average Bonchev–Trinajstić information content (AvgIpc) is 3.02. The second kappa shape index (κ2) is 7.24. The van der Waals surface area contributed by atoms with E-state index in [1.54, 1.807) is 6.20 Å². The molecule has 4 rings (SSSR count). The number of fused-ring (bicyclic) bond motifs is 1. The molecule has 4 nitrogen and oxygen atoms in total. The minimum absolute atomic E-state index is 0.0607. The number of nitrogens with one attached hydrogen (secondary N) is 2. The smallest absolute Gasteiger partial charge is 0.257 e. The number of rotatable bonds is 4. The molecule has 4 heteroatoms. The molecule has 0 radical (unpaired) electrons. The van der Waals surface area contributed by atoms with Crippen molar-refractivity contribution in [3.63, 3.8) is 0 Å². The van der Waals surface area contributed by atoms with Gasteiger partial charge in [-0.2, -0.15) is 0 Å². The summed E-state index contributed by atoms with van der Waals surface area (Å²) in [6.07, 6.45) is 6.90. The number of para-hydroxylation sites is 1. The molecule has 0 bridgehead atoms. The number of piperidine rings is 1. The van der Waals surface area contributed by atoms with E-state index in [1.165, 1.54) is 31.4 Å². The summed E-state index contributed by atoms with van der Waals surface area (Å²) in [7, 11) is 0. The summed E-state index contributed by atoms with van der Waals surface area (Å²) in [5.74, 6) is -0.0607. The van der Waals surface area contributed by atoms with E-state index >= 15 is 0 Å². The maximum atomic E-state index is 12.2. The van der Waals surface area contributed by atoms with Gasteiger partial charge in [-0.25, -0.2) is 0 Å². The van der Waals surface area contributed by atoms with Crippen LogP contribution in [0.5, 0.6) is 0 Å². The molecule has 0 saturated carbocycles. The van der Waals surface area contributed by atoms with Crippen molar-refractivity contribution in [1.29, 1.82) is 0 Å². The zero-order valence-corrected chi connectivity index (χ0v) is 15.2. The van der Waals surface area contributed by atoms with Crippen molar-refractivity contribution in [2.45, 2.75) is 38.6 Å². The maximum absolute atomic E-state index is 12.2. The SMILES string of the molecule is CCC1CCCCN1c1ccc(N/C=C2/C(=O)Nc3ccccc32)cc1. The van der Waals surface area contributed by atoms with E-state index in [1.807, 2.05) is 24.3 Å². The molecule has 2 aromatic rings. The molecular formula is C22H25N3O. The van der Waals surface area contributed by atoms with Crippen molar-refractivity contribution in [2.75, 3.05) is 22.1 Å². The van der Waals surface area contributed by atoms with Gasteiger partial charge in [-0.3, -0.25) is 4.79 Å². The zero-order chi connectivity index (χ0) is 17.9. The van der Waals surface area contributed by atoms with Crippen molar-refractivity contribution in [3.05, 3.63) is 60.3 Å². The van der Waals surface area contributed by atoms with Crippen molar-refractivity contribution in [1.82, 2.24) is 0 Å². The number of anilines is 3. The van der Waals surface area contributed by atoms with E-state index in [4.69, 9.17) is 0 Å². The highest BCUT2D eigenvalue weighted by molar-refractivity contribution is 6.31. The van der Waals surface area contributed by atoms with Gasteiger partial charge in [0.25, 0.3) is 5.91 Å². The summed E-state index contributed by atoms with van der Waals surface area (Å²) in [5.41, 5.74) is 4.77. The summed E-state index contributed by atoms with van der Waals surface area (Å²) in [5, 5.41) is 6.17. The highest BCUT2D eigenvalue weighted by Gasteiger charge is 2.23. The highest BCUT2D eigenvalue weighted by atomic mass is 16.2. The van der Waals surface area contributed by atoms with Crippen LogP contribution in [0.3, 0.4) is 0 Å². The number of carbonyl (C=O) groups is 1. The Labute approximate surface area is 154 Å². The van der Waals surface area contributed by atoms with E-state index in [0.29, 0.717) is 11.6 Å². The first kappa shape index (κ1) is 16.7. The number of hydrogen-bond acceptors (Lipinski definition) is 3.